The van der Waals surface area contributed by atoms with E-state index in [1.54, 1.807) is 24.5 Å². The molecular formula is C20H23FN4O2. The van der Waals surface area contributed by atoms with E-state index < -0.39 is 11.6 Å². The molecule has 0 saturated carbocycles. The maximum absolute atomic E-state index is 15.2. The van der Waals surface area contributed by atoms with Gasteiger partial charge in [0.15, 0.2) is 0 Å². The van der Waals surface area contributed by atoms with Gasteiger partial charge in [-0.1, -0.05) is 30.3 Å². The highest BCUT2D eigenvalue weighted by molar-refractivity contribution is 5.86. The molecule has 27 heavy (non-hydrogen) atoms. The number of rotatable bonds is 5. The average molecular weight is 370 g/mol. The smallest absolute Gasteiger partial charge is 0.317 e. The zero-order chi connectivity index (χ0) is 19.1. The predicted molar refractivity (Wildman–Crippen MR) is 99.4 cm³/mol. The Morgan fingerprint density at radius 2 is 1.70 bits per heavy atom. The molecular weight excluding hydrogens is 347 g/mol. The van der Waals surface area contributed by atoms with Crippen LogP contribution in [-0.4, -0.2) is 40.6 Å². The van der Waals surface area contributed by atoms with Crippen molar-refractivity contribution >= 4 is 11.9 Å². The number of nitrogens with zero attached hydrogens (tertiary/aromatic N) is 2. The average Bonchev–Trinajstić information content (AvgIpc) is 2.71. The van der Waals surface area contributed by atoms with Gasteiger partial charge in [0.25, 0.3) is 5.91 Å². The van der Waals surface area contributed by atoms with Gasteiger partial charge in [-0.25, -0.2) is 9.18 Å². The van der Waals surface area contributed by atoms with Crippen LogP contribution in [0.2, 0.25) is 0 Å². The van der Waals surface area contributed by atoms with Crippen LogP contribution in [0.3, 0.4) is 0 Å². The van der Waals surface area contributed by atoms with Gasteiger partial charge in [-0.15, -0.1) is 0 Å². The second kappa shape index (κ2) is 8.62. The lowest BCUT2D eigenvalue weighted by molar-refractivity contribution is -0.136. The first-order chi connectivity index (χ1) is 13.1. The van der Waals surface area contributed by atoms with Crippen LogP contribution in [-0.2, 0) is 17.9 Å². The third kappa shape index (κ3) is 5.03. The second-order valence-electron chi connectivity index (χ2n) is 6.67. The van der Waals surface area contributed by atoms with Crippen molar-refractivity contribution in [1.29, 1.82) is 0 Å². The summed E-state index contributed by atoms with van der Waals surface area (Å²) in [5.74, 6) is -0.681. The van der Waals surface area contributed by atoms with E-state index in [4.69, 9.17) is 0 Å². The molecule has 1 saturated heterocycles. The van der Waals surface area contributed by atoms with Gasteiger partial charge in [-0.2, -0.15) is 0 Å². The van der Waals surface area contributed by atoms with Crippen LogP contribution in [0.1, 0.15) is 24.0 Å². The maximum atomic E-state index is 15.2. The molecule has 2 N–H and O–H groups in total. The monoisotopic (exact) mass is 370 g/mol. The van der Waals surface area contributed by atoms with Gasteiger partial charge < -0.3 is 15.5 Å². The molecule has 0 bridgehead atoms. The Bertz CT molecular complexity index is 772. The van der Waals surface area contributed by atoms with Crippen LogP contribution in [0.25, 0.3) is 0 Å². The van der Waals surface area contributed by atoms with Crippen molar-refractivity contribution in [3.8, 4) is 0 Å². The molecule has 1 aliphatic heterocycles. The molecule has 2 heterocycles. The number of likely N-dealkylation sites (tertiary alicyclic amines) is 1. The highest BCUT2D eigenvalue weighted by Crippen LogP contribution is 2.26. The summed E-state index contributed by atoms with van der Waals surface area (Å²) in [6.07, 6.45) is 3.79. The van der Waals surface area contributed by atoms with Gasteiger partial charge in [-0.05, 0) is 36.1 Å². The molecule has 6 nitrogen and oxygen atoms in total. The number of alkyl halides is 1. The molecule has 1 atom stereocenters. The third-order valence-corrected chi connectivity index (χ3v) is 4.63. The molecule has 142 valence electrons. The Hall–Kier alpha value is -2.96. The van der Waals surface area contributed by atoms with Crippen molar-refractivity contribution in [2.24, 2.45) is 0 Å². The Morgan fingerprint density at radius 3 is 2.44 bits per heavy atom. The fourth-order valence-electron chi connectivity index (χ4n) is 3.10. The van der Waals surface area contributed by atoms with Crippen LogP contribution < -0.4 is 10.6 Å². The predicted octanol–water partition coefficient (Wildman–Crippen LogP) is 2.41. The zero-order valence-corrected chi connectivity index (χ0v) is 15.0. The van der Waals surface area contributed by atoms with Crippen molar-refractivity contribution < 1.29 is 14.0 Å². The standard InChI is InChI=1S/C20H23FN4O2/c21-20(18(26)23-13-17-7-10-22-11-8-17)9-4-12-25(15-20)19(27)24-14-16-5-2-1-3-6-16/h1-3,5-8,10-11H,4,9,12-15H2,(H,23,26)(H,24,27). The number of aromatic nitrogens is 1. The van der Waals surface area contributed by atoms with Crippen molar-refractivity contribution in [3.05, 3.63) is 66.0 Å². The number of carbonyl (C=O) groups is 2. The number of hydrogen-bond acceptors (Lipinski definition) is 3. The molecule has 3 amide bonds. The molecule has 1 aliphatic rings. The summed E-state index contributed by atoms with van der Waals surface area (Å²) >= 11 is 0. The Kier molecular flexibility index (Phi) is 6.01. The van der Waals surface area contributed by atoms with E-state index in [9.17, 15) is 9.59 Å². The molecule has 1 fully saturated rings. The minimum absolute atomic E-state index is 0.109. The van der Waals surface area contributed by atoms with E-state index in [0.717, 1.165) is 11.1 Å². The lowest BCUT2D eigenvalue weighted by Crippen LogP contribution is -2.57. The summed E-state index contributed by atoms with van der Waals surface area (Å²) in [5.41, 5.74) is -0.269. The van der Waals surface area contributed by atoms with Gasteiger partial charge in [0, 0.05) is 32.0 Å². The Labute approximate surface area is 157 Å². The lowest BCUT2D eigenvalue weighted by atomic mass is 9.93. The first-order valence-electron chi connectivity index (χ1n) is 9.00. The SMILES string of the molecule is O=C(NCc1ccccc1)N1CCCC(F)(C(=O)NCc2ccncc2)C1. The van der Waals surface area contributed by atoms with Crippen LogP contribution in [0.5, 0.6) is 0 Å². The summed E-state index contributed by atoms with van der Waals surface area (Å²) in [5, 5.41) is 5.41. The second-order valence-corrected chi connectivity index (χ2v) is 6.67. The van der Waals surface area contributed by atoms with Crippen LogP contribution >= 0.6 is 0 Å². The fraction of sp³-hybridized carbons (Fsp3) is 0.350. The van der Waals surface area contributed by atoms with E-state index in [1.807, 2.05) is 30.3 Å². The number of urea groups is 1. The van der Waals surface area contributed by atoms with E-state index in [2.05, 4.69) is 15.6 Å². The molecule has 1 aromatic heterocycles. The summed E-state index contributed by atoms with van der Waals surface area (Å²) in [4.78, 5) is 30.0. The Balaban J connectivity index is 1.53. The molecule has 3 rings (SSSR count). The maximum Gasteiger partial charge on any atom is 0.317 e. The number of nitrogens with one attached hydrogen (secondary N) is 2. The van der Waals surface area contributed by atoms with E-state index >= 15 is 4.39 Å². The van der Waals surface area contributed by atoms with Gasteiger partial charge in [0.1, 0.15) is 0 Å². The summed E-state index contributed by atoms with van der Waals surface area (Å²) in [7, 11) is 0. The van der Waals surface area contributed by atoms with Crippen LogP contribution in [0, 0.1) is 0 Å². The van der Waals surface area contributed by atoms with Crippen LogP contribution in [0.15, 0.2) is 54.9 Å². The topological polar surface area (TPSA) is 74.3 Å². The number of piperidine rings is 1. The van der Waals surface area contributed by atoms with Crippen molar-refractivity contribution in [3.63, 3.8) is 0 Å². The largest absolute Gasteiger partial charge is 0.349 e. The molecule has 1 aromatic carbocycles. The fourth-order valence-corrected chi connectivity index (χ4v) is 3.10. The minimum atomic E-state index is -2.07. The number of pyridine rings is 1. The summed E-state index contributed by atoms with van der Waals surface area (Å²) in [6, 6.07) is 12.7. The number of benzene rings is 1. The quantitative estimate of drug-likeness (QED) is 0.849. The molecule has 1 unspecified atom stereocenters. The van der Waals surface area contributed by atoms with Crippen molar-refractivity contribution in [1.82, 2.24) is 20.5 Å². The Morgan fingerprint density at radius 1 is 1.04 bits per heavy atom. The van der Waals surface area contributed by atoms with E-state index in [0.29, 0.717) is 19.5 Å². The van der Waals surface area contributed by atoms with Crippen molar-refractivity contribution in [2.75, 3.05) is 13.1 Å². The van der Waals surface area contributed by atoms with Gasteiger partial charge in [0.05, 0.1) is 6.54 Å². The van der Waals surface area contributed by atoms with Gasteiger partial charge in [0.2, 0.25) is 5.67 Å². The summed E-state index contributed by atoms with van der Waals surface area (Å²) in [6.45, 7) is 0.788. The number of hydrogen-bond donors (Lipinski definition) is 2. The molecule has 0 spiro atoms. The molecule has 7 heteroatoms. The van der Waals surface area contributed by atoms with Gasteiger partial charge >= 0.3 is 6.03 Å². The summed E-state index contributed by atoms with van der Waals surface area (Å²) < 4.78 is 15.2. The highest BCUT2D eigenvalue weighted by Gasteiger charge is 2.43. The minimum Gasteiger partial charge on any atom is -0.349 e. The first-order valence-corrected chi connectivity index (χ1v) is 9.00. The van der Waals surface area contributed by atoms with Crippen LogP contribution in [0.4, 0.5) is 9.18 Å². The third-order valence-electron chi connectivity index (χ3n) is 4.63. The number of halogens is 1. The zero-order valence-electron chi connectivity index (χ0n) is 15.0. The number of amides is 3. The molecule has 0 radical (unpaired) electrons. The normalized spacial score (nSPS) is 19.4. The van der Waals surface area contributed by atoms with Crippen molar-refractivity contribution in [2.45, 2.75) is 31.6 Å². The lowest BCUT2D eigenvalue weighted by Gasteiger charge is -2.36. The van der Waals surface area contributed by atoms with E-state index in [-0.39, 0.29) is 25.5 Å². The number of carbonyl (C=O) groups excluding carboxylic acids is 2. The van der Waals surface area contributed by atoms with E-state index in [1.165, 1.54) is 4.90 Å². The first kappa shape index (κ1) is 18.8. The van der Waals surface area contributed by atoms with Gasteiger partial charge in [-0.3, -0.25) is 9.78 Å². The molecule has 2 aromatic rings. The molecule has 0 aliphatic carbocycles. The highest BCUT2D eigenvalue weighted by atomic mass is 19.1.